The van der Waals surface area contributed by atoms with Gasteiger partial charge in [-0.1, -0.05) is 72.4 Å². The maximum absolute atomic E-state index is 12.7. The van der Waals surface area contributed by atoms with Crippen molar-refractivity contribution in [1.29, 1.82) is 0 Å². The molecule has 0 unspecified atom stereocenters. The molecule has 0 heterocycles. The van der Waals surface area contributed by atoms with Gasteiger partial charge in [-0.2, -0.15) is 0 Å². The predicted molar refractivity (Wildman–Crippen MR) is 138 cm³/mol. The lowest BCUT2D eigenvalue weighted by atomic mass is 10.1. The van der Waals surface area contributed by atoms with Gasteiger partial charge in [-0.05, 0) is 41.5 Å². The lowest BCUT2D eigenvalue weighted by molar-refractivity contribution is -0.144. The Kier molecular flexibility index (Phi) is 10.1. The number of nitrogens with one attached hydrogen (secondary N) is 1. The zero-order valence-corrected chi connectivity index (χ0v) is 20.3. The van der Waals surface area contributed by atoms with Crippen LogP contribution in [0.2, 0.25) is 0 Å². The topological polar surface area (TPSA) is 81.7 Å². The number of hydrogen-bond donors (Lipinski definition) is 1. The van der Waals surface area contributed by atoms with E-state index in [-0.39, 0.29) is 36.3 Å². The summed E-state index contributed by atoms with van der Waals surface area (Å²) in [5.41, 5.74) is 2.12. The molecule has 1 amide bonds. The van der Waals surface area contributed by atoms with Gasteiger partial charge in [0.1, 0.15) is 18.1 Å². The number of ether oxygens (including phenoxy) is 2. The van der Waals surface area contributed by atoms with E-state index in [9.17, 15) is 14.4 Å². The van der Waals surface area contributed by atoms with Crippen LogP contribution >= 0.6 is 11.8 Å². The van der Waals surface area contributed by atoms with E-state index in [0.717, 1.165) is 28.6 Å². The summed E-state index contributed by atoms with van der Waals surface area (Å²) in [5, 5.41) is 2.66. The maximum Gasteiger partial charge on any atom is 0.307 e. The molecule has 3 rings (SSSR count). The number of thioether (sulfide) groups is 1. The summed E-state index contributed by atoms with van der Waals surface area (Å²) < 4.78 is 11.0. The smallest absolute Gasteiger partial charge is 0.307 e. The van der Waals surface area contributed by atoms with E-state index < -0.39 is 5.97 Å². The Hall–Kier alpha value is -3.84. The number of esters is 1. The van der Waals surface area contributed by atoms with Gasteiger partial charge >= 0.3 is 5.97 Å². The van der Waals surface area contributed by atoms with Gasteiger partial charge < -0.3 is 14.8 Å². The van der Waals surface area contributed by atoms with Crippen LogP contribution in [-0.4, -0.2) is 29.3 Å². The molecule has 180 valence electrons. The average Bonchev–Trinajstić information content (AvgIpc) is 2.87. The number of hydrogen-bond acceptors (Lipinski definition) is 6. The molecule has 0 aliphatic carbocycles. The summed E-state index contributed by atoms with van der Waals surface area (Å²) in [6.45, 7) is 1.79. The highest BCUT2D eigenvalue weighted by atomic mass is 32.2. The highest BCUT2D eigenvalue weighted by molar-refractivity contribution is 8.13. The highest BCUT2D eigenvalue weighted by Gasteiger charge is 2.12. The molecule has 0 aromatic heterocycles. The zero-order chi connectivity index (χ0) is 24.9. The van der Waals surface area contributed by atoms with E-state index >= 15 is 0 Å². The standard InChI is InChI=1S/C28H27NO5S/c1-21(30)35-20-24(18-22-12-14-26(15-13-22)34-25-10-6-3-7-11-25)28(32)29-17-16-27(31)33-19-23-8-4-2-5-9-23/h2-15,18H,16-17,19-20H2,1H3,(H,29,32)/b24-18-. The Morgan fingerprint density at radius 3 is 2.14 bits per heavy atom. The number of carbonyl (C=O) groups excluding carboxylic acids is 3. The van der Waals surface area contributed by atoms with Gasteiger partial charge in [0.05, 0.1) is 6.42 Å². The molecular formula is C28H27NO5S. The quantitative estimate of drug-likeness (QED) is 0.287. The number of rotatable bonds is 11. The molecule has 0 saturated heterocycles. The highest BCUT2D eigenvalue weighted by Crippen LogP contribution is 2.22. The Balaban J connectivity index is 1.55. The minimum Gasteiger partial charge on any atom is -0.461 e. The maximum atomic E-state index is 12.7. The van der Waals surface area contributed by atoms with Crippen molar-refractivity contribution in [2.24, 2.45) is 0 Å². The summed E-state index contributed by atoms with van der Waals surface area (Å²) in [5.74, 6) is 0.899. The lowest BCUT2D eigenvalue weighted by Gasteiger charge is -2.10. The molecule has 7 heteroatoms. The third-order valence-corrected chi connectivity index (χ3v) is 5.64. The Morgan fingerprint density at radius 1 is 0.857 bits per heavy atom. The Morgan fingerprint density at radius 2 is 1.49 bits per heavy atom. The molecule has 0 atom stereocenters. The van der Waals surface area contributed by atoms with Crippen LogP contribution in [0.4, 0.5) is 0 Å². The molecule has 6 nitrogen and oxygen atoms in total. The lowest BCUT2D eigenvalue weighted by Crippen LogP contribution is -2.28. The fourth-order valence-corrected chi connectivity index (χ4v) is 3.59. The number of carbonyl (C=O) groups is 3. The number of benzene rings is 3. The molecule has 3 aromatic carbocycles. The van der Waals surface area contributed by atoms with Gasteiger partial charge in [0.2, 0.25) is 5.91 Å². The Bertz CT molecular complexity index is 1140. The second-order valence-corrected chi connectivity index (χ2v) is 8.74. The van der Waals surface area contributed by atoms with Crippen molar-refractivity contribution in [3.8, 4) is 11.5 Å². The van der Waals surface area contributed by atoms with E-state index in [1.165, 1.54) is 6.92 Å². The molecule has 3 aromatic rings. The normalized spacial score (nSPS) is 10.9. The Labute approximate surface area is 209 Å². The third-order valence-electron chi connectivity index (χ3n) is 4.78. The van der Waals surface area contributed by atoms with Gasteiger partial charge in [-0.25, -0.2) is 0 Å². The van der Waals surface area contributed by atoms with Crippen molar-refractivity contribution >= 4 is 34.8 Å². The largest absolute Gasteiger partial charge is 0.461 e. The average molecular weight is 490 g/mol. The van der Waals surface area contributed by atoms with E-state index in [4.69, 9.17) is 9.47 Å². The summed E-state index contributed by atoms with van der Waals surface area (Å²) in [6, 6.07) is 26.1. The van der Waals surface area contributed by atoms with Gasteiger partial charge in [-0.15, -0.1) is 0 Å². The SMILES string of the molecule is CC(=O)SC/C(=C/c1ccc(Oc2ccccc2)cc1)C(=O)NCCC(=O)OCc1ccccc1. The van der Waals surface area contributed by atoms with Crippen LogP contribution in [0.3, 0.4) is 0 Å². The van der Waals surface area contributed by atoms with Gasteiger partial charge in [0.25, 0.3) is 0 Å². The summed E-state index contributed by atoms with van der Waals surface area (Å²) in [6.07, 6.45) is 1.78. The number of para-hydroxylation sites is 1. The predicted octanol–water partition coefficient (Wildman–Crippen LogP) is 5.39. The first kappa shape index (κ1) is 25.8. The van der Waals surface area contributed by atoms with Crippen LogP contribution in [0.5, 0.6) is 11.5 Å². The third kappa shape index (κ3) is 9.51. The molecule has 0 spiro atoms. The van der Waals surface area contributed by atoms with Crippen LogP contribution < -0.4 is 10.1 Å². The van der Waals surface area contributed by atoms with Crippen molar-refractivity contribution in [3.05, 3.63) is 102 Å². The van der Waals surface area contributed by atoms with Crippen molar-refractivity contribution < 1.29 is 23.9 Å². The van der Waals surface area contributed by atoms with Gasteiger partial charge in [0, 0.05) is 24.8 Å². The molecule has 1 N–H and O–H groups in total. The molecule has 0 aliphatic rings. The van der Waals surface area contributed by atoms with E-state index in [2.05, 4.69) is 5.32 Å². The summed E-state index contributed by atoms with van der Waals surface area (Å²) in [4.78, 5) is 36.2. The minimum atomic E-state index is -0.396. The van der Waals surface area contributed by atoms with Crippen molar-refractivity contribution in [2.75, 3.05) is 12.3 Å². The summed E-state index contributed by atoms with van der Waals surface area (Å²) >= 11 is 1.05. The van der Waals surface area contributed by atoms with Crippen molar-refractivity contribution in [3.63, 3.8) is 0 Å². The first-order valence-electron chi connectivity index (χ1n) is 11.1. The molecule has 0 bridgehead atoms. The summed E-state index contributed by atoms with van der Waals surface area (Å²) in [7, 11) is 0. The van der Waals surface area contributed by atoms with E-state index in [1.54, 1.807) is 6.08 Å². The van der Waals surface area contributed by atoms with E-state index in [0.29, 0.717) is 11.3 Å². The second kappa shape index (κ2) is 13.8. The van der Waals surface area contributed by atoms with Crippen LogP contribution in [0.15, 0.2) is 90.5 Å². The molecule has 35 heavy (non-hydrogen) atoms. The first-order chi connectivity index (χ1) is 17.0. The second-order valence-electron chi connectivity index (χ2n) is 7.59. The van der Waals surface area contributed by atoms with Crippen LogP contribution in [0, 0.1) is 0 Å². The molecule has 0 saturated carbocycles. The fourth-order valence-electron chi connectivity index (χ4n) is 3.01. The van der Waals surface area contributed by atoms with E-state index in [1.807, 2.05) is 84.9 Å². The molecule has 0 aliphatic heterocycles. The number of amides is 1. The zero-order valence-electron chi connectivity index (χ0n) is 19.4. The first-order valence-corrected chi connectivity index (χ1v) is 12.1. The van der Waals surface area contributed by atoms with Crippen molar-refractivity contribution in [2.45, 2.75) is 20.0 Å². The fraction of sp³-hybridized carbons (Fsp3) is 0.179. The van der Waals surface area contributed by atoms with Crippen LogP contribution in [0.1, 0.15) is 24.5 Å². The van der Waals surface area contributed by atoms with Crippen LogP contribution in [0.25, 0.3) is 6.08 Å². The molecule has 0 fully saturated rings. The van der Waals surface area contributed by atoms with Gasteiger partial charge in [0.15, 0.2) is 5.12 Å². The van der Waals surface area contributed by atoms with Crippen molar-refractivity contribution in [1.82, 2.24) is 5.32 Å². The minimum absolute atomic E-state index is 0.0528. The van der Waals surface area contributed by atoms with Gasteiger partial charge in [-0.3, -0.25) is 14.4 Å². The molecule has 0 radical (unpaired) electrons. The van der Waals surface area contributed by atoms with Crippen LogP contribution in [-0.2, 0) is 25.7 Å². The monoisotopic (exact) mass is 489 g/mol. The molecular weight excluding hydrogens is 462 g/mol.